The molecule has 0 aromatic heterocycles. The third-order valence-corrected chi connectivity index (χ3v) is 6.46. The largest absolute Gasteiger partial charge is 0.537 e. The molecule has 7 heteroatoms. The molecule has 0 saturated carbocycles. The van der Waals surface area contributed by atoms with E-state index in [-0.39, 0.29) is 0 Å². The van der Waals surface area contributed by atoms with Gasteiger partial charge in [-0.05, 0) is 39.3 Å². The summed E-state index contributed by atoms with van der Waals surface area (Å²) in [5.74, 6) is 0.234. The van der Waals surface area contributed by atoms with Gasteiger partial charge in [-0.3, -0.25) is 0 Å². The van der Waals surface area contributed by atoms with Crippen LogP contribution in [-0.4, -0.2) is 48.3 Å². The van der Waals surface area contributed by atoms with Crippen molar-refractivity contribution in [2.24, 2.45) is 0 Å². The molecular weight excluding hydrogens is 352 g/mol. The summed E-state index contributed by atoms with van der Waals surface area (Å²) in [5, 5.41) is 0.837. The zero-order valence-corrected chi connectivity index (χ0v) is 17.4. The van der Waals surface area contributed by atoms with Crippen molar-refractivity contribution < 1.29 is 27.5 Å². The van der Waals surface area contributed by atoms with Gasteiger partial charge >= 0.3 is 14.8 Å². The number of benzene rings is 1. The molecule has 1 rings (SSSR count). The lowest BCUT2D eigenvalue weighted by Gasteiger charge is -2.29. The van der Waals surface area contributed by atoms with Gasteiger partial charge in [0.15, 0.2) is 0 Å². The van der Waals surface area contributed by atoms with Crippen LogP contribution in [0.2, 0.25) is 0 Å². The predicted molar refractivity (Wildman–Crippen MR) is 104 cm³/mol. The maximum atomic E-state index is 11.4. The molecule has 0 N–H and O–H groups in total. The van der Waals surface area contributed by atoms with E-state index in [1.807, 2.05) is 45.9 Å². The number of carbonyl (C=O) groups excluding carboxylic acids is 1. The minimum Gasteiger partial charge on any atom is -0.493 e. The molecule has 0 aliphatic heterocycles. The highest BCUT2D eigenvalue weighted by Crippen LogP contribution is 2.22. The molecule has 0 amide bonds. The molecule has 1 aromatic rings. The molecule has 0 saturated heterocycles. The first-order chi connectivity index (χ1) is 12.6. The smallest absolute Gasteiger partial charge is 0.493 e. The van der Waals surface area contributed by atoms with Crippen LogP contribution in [0.4, 0.5) is 0 Å². The average molecular weight is 383 g/mol. The number of rotatable bonds is 12. The Morgan fingerprint density at radius 3 is 2.15 bits per heavy atom. The van der Waals surface area contributed by atoms with Crippen molar-refractivity contribution in [3.63, 3.8) is 0 Å². The third kappa shape index (κ3) is 6.24. The second-order valence-electron chi connectivity index (χ2n) is 5.31. The average Bonchev–Trinajstić information content (AvgIpc) is 2.65. The van der Waals surface area contributed by atoms with Gasteiger partial charge in [0, 0.05) is 36.6 Å². The van der Waals surface area contributed by atoms with E-state index in [0.717, 1.165) is 17.2 Å². The van der Waals surface area contributed by atoms with Gasteiger partial charge in [0.2, 0.25) is 0 Å². The van der Waals surface area contributed by atoms with E-state index in [9.17, 15) is 4.79 Å². The first-order valence-corrected chi connectivity index (χ1v) is 10.7. The van der Waals surface area contributed by atoms with Crippen LogP contribution in [0, 0.1) is 0 Å². The Bertz CT molecular complexity index is 570. The first kappa shape index (κ1) is 22.4. The Balaban J connectivity index is 3.32. The second-order valence-corrected chi connectivity index (χ2v) is 7.87. The summed E-state index contributed by atoms with van der Waals surface area (Å²) >= 11 is 0. The molecule has 1 aromatic carbocycles. The zero-order chi connectivity index (χ0) is 19.4. The summed E-state index contributed by atoms with van der Waals surface area (Å²) in [6.07, 6.45) is 3.91. The quantitative estimate of drug-likeness (QED) is 0.315. The molecule has 0 heterocycles. The first-order valence-electron chi connectivity index (χ1n) is 9.01. The molecule has 0 spiro atoms. The van der Waals surface area contributed by atoms with Crippen molar-refractivity contribution in [2.75, 3.05) is 33.5 Å². The van der Waals surface area contributed by atoms with Gasteiger partial charge in [-0.2, -0.15) is 0 Å². The predicted octanol–water partition coefficient (Wildman–Crippen LogP) is 2.92. The van der Waals surface area contributed by atoms with Crippen LogP contribution in [0.25, 0.3) is 6.08 Å². The summed E-state index contributed by atoms with van der Waals surface area (Å²) in [7, 11) is -1.67. The molecule has 0 atom stereocenters. The molecule has 0 radical (unpaired) electrons. The lowest BCUT2D eigenvalue weighted by atomic mass is 10.2. The minimum atomic E-state index is -3.01. The minimum absolute atomic E-state index is 0.419. The Hall–Kier alpha value is -1.67. The van der Waals surface area contributed by atoms with Gasteiger partial charge in [0.05, 0.1) is 13.7 Å². The van der Waals surface area contributed by atoms with Gasteiger partial charge in [-0.15, -0.1) is 0 Å². The third-order valence-electron chi connectivity index (χ3n) is 3.43. The highest BCUT2D eigenvalue weighted by atomic mass is 28.4. The molecule has 0 aliphatic carbocycles. The van der Waals surface area contributed by atoms with Crippen molar-refractivity contribution in [1.29, 1.82) is 0 Å². The van der Waals surface area contributed by atoms with E-state index in [2.05, 4.69) is 4.74 Å². The zero-order valence-electron chi connectivity index (χ0n) is 16.4. The van der Waals surface area contributed by atoms with E-state index < -0.39 is 14.8 Å². The van der Waals surface area contributed by atoms with Crippen LogP contribution in [0.1, 0.15) is 39.7 Å². The molecule has 6 nitrogen and oxygen atoms in total. The van der Waals surface area contributed by atoms with E-state index in [4.69, 9.17) is 18.0 Å². The van der Waals surface area contributed by atoms with Gasteiger partial charge in [-0.25, -0.2) is 4.79 Å². The van der Waals surface area contributed by atoms with E-state index in [1.54, 1.807) is 6.08 Å². The maximum absolute atomic E-state index is 11.4. The number of methoxy groups -OCH3 is 1. The molecule has 26 heavy (non-hydrogen) atoms. The SMILES string of the molecule is CCCOc1cc([Si](OCC)(OCC)OCC)ccc1/C=C/C(=O)OC. The molecule has 0 bridgehead atoms. The van der Waals surface area contributed by atoms with Gasteiger partial charge in [0.25, 0.3) is 0 Å². The van der Waals surface area contributed by atoms with Crippen molar-refractivity contribution in [3.8, 4) is 5.75 Å². The van der Waals surface area contributed by atoms with Crippen LogP contribution in [0.5, 0.6) is 5.75 Å². The monoisotopic (exact) mass is 382 g/mol. The molecule has 0 unspecified atom stereocenters. The number of carbonyl (C=O) groups is 1. The topological polar surface area (TPSA) is 63.2 Å². The number of hydrogen-bond acceptors (Lipinski definition) is 6. The van der Waals surface area contributed by atoms with Crippen LogP contribution >= 0.6 is 0 Å². The standard InChI is InChI=1S/C19H30O6Si/c1-6-14-22-18-15-17(12-10-16(18)11-13-19(20)21-5)26(23-7-2,24-8-3)25-9-4/h10-13,15H,6-9,14H2,1-5H3/b13-11+. The van der Waals surface area contributed by atoms with Crippen molar-refractivity contribution in [3.05, 3.63) is 29.8 Å². The number of ether oxygens (including phenoxy) is 2. The molecule has 0 fully saturated rings. The van der Waals surface area contributed by atoms with E-state index in [1.165, 1.54) is 13.2 Å². The summed E-state index contributed by atoms with van der Waals surface area (Å²) in [6.45, 7) is 9.82. The second kappa shape index (κ2) is 11.8. The fourth-order valence-corrected chi connectivity index (χ4v) is 4.86. The fraction of sp³-hybridized carbons (Fsp3) is 0.526. The van der Waals surface area contributed by atoms with Crippen molar-refractivity contribution >= 4 is 26.0 Å². The fourth-order valence-electron chi connectivity index (χ4n) is 2.37. The summed E-state index contributed by atoms with van der Waals surface area (Å²) in [4.78, 5) is 11.4. The van der Waals surface area contributed by atoms with Crippen molar-refractivity contribution in [1.82, 2.24) is 0 Å². The van der Waals surface area contributed by atoms with Crippen molar-refractivity contribution in [2.45, 2.75) is 34.1 Å². The van der Waals surface area contributed by atoms with Gasteiger partial charge < -0.3 is 22.8 Å². The highest BCUT2D eigenvalue weighted by molar-refractivity contribution is 6.75. The molecular formula is C19H30O6Si. The van der Waals surface area contributed by atoms with E-state index in [0.29, 0.717) is 32.2 Å². The highest BCUT2D eigenvalue weighted by Gasteiger charge is 2.43. The lowest BCUT2D eigenvalue weighted by molar-refractivity contribution is -0.134. The maximum Gasteiger partial charge on any atom is 0.537 e. The lowest BCUT2D eigenvalue weighted by Crippen LogP contribution is -2.56. The van der Waals surface area contributed by atoms with Gasteiger partial charge in [0.1, 0.15) is 5.75 Å². The van der Waals surface area contributed by atoms with Gasteiger partial charge in [-0.1, -0.05) is 19.1 Å². The van der Waals surface area contributed by atoms with Crippen LogP contribution in [0.15, 0.2) is 24.3 Å². The van der Waals surface area contributed by atoms with Crippen LogP contribution in [0.3, 0.4) is 0 Å². The Labute approximate surface area is 157 Å². The normalized spacial score (nSPS) is 11.7. The van der Waals surface area contributed by atoms with Crippen LogP contribution < -0.4 is 9.92 Å². The number of esters is 1. The molecule has 146 valence electrons. The molecule has 0 aliphatic rings. The Morgan fingerprint density at radius 2 is 1.65 bits per heavy atom. The summed E-state index contributed by atoms with van der Waals surface area (Å²) in [6, 6.07) is 5.67. The summed E-state index contributed by atoms with van der Waals surface area (Å²) < 4.78 is 28.4. The van der Waals surface area contributed by atoms with E-state index >= 15 is 0 Å². The van der Waals surface area contributed by atoms with Crippen LogP contribution in [-0.2, 0) is 22.8 Å². The summed E-state index contributed by atoms with van der Waals surface area (Å²) in [5.41, 5.74) is 0.778. The number of hydrogen-bond donors (Lipinski definition) is 0. The Kier molecular flexibility index (Phi) is 10.2. The Morgan fingerprint density at radius 1 is 1.04 bits per heavy atom.